The van der Waals surface area contributed by atoms with E-state index in [-0.39, 0.29) is 16.7 Å². The van der Waals surface area contributed by atoms with E-state index in [9.17, 15) is 13.2 Å². The first kappa shape index (κ1) is 23.4. The Balaban J connectivity index is 1.25. The Morgan fingerprint density at radius 1 is 0.886 bits per heavy atom. The number of sulfonamides is 1. The van der Waals surface area contributed by atoms with Gasteiger partial charge in [0, 0.05) is 31.2 Å². The summed E-state index contributed by atoms with van der Waals surface area (Å²) >= 11 is 0. The number of piperidine rings is 1. The Hall–Kier alpha value is -3.36. The number of hydrogen-bond acceptors (Lipinski definition) is 5. The largest absolute Gasteiger partial charge is 0.497 e. The first-order chi connectivity index (χ1) is 17.0. The highest BCUT2D eigenvalue weighted by Crippen LogP contribution is 2.38. The number of benzene rings is 3. The van der Waals surface area contributed by atoms with Gasteiger partial charge in [-0.3, -0.25) is 4.79 Å². The predicted octanol–water partition coefficient (Wildman–Crippen LogP) is 4.43. The number of amides is 1. The van der Waals surface area contributed by atoms with E-state index in [1.165, 1.54) is 15.6 Å². The minimum absolute atomic E-state index is 0.0635. The van der Waals surface area contributed by atoms with Gasteiger partial charge in [-0.15, -0.1) is 0 Å². The lowest BCUT2D eigenvalue weighted by Gasteiger charge is -2.31. The highest BCUT2D eigenvalue weighted by molar-refractivity contribution is 7.89. The van der Waals surface area contributed by atoms with Crippen LogP contribution in [0.3, 0.4) is 0 Å². The highest BCUT2D eigenvalue weighted by atomic mass is 32.2. The Bertz CT molecular complexity index is 1320. The number of nitrogens with one attached hydrogen (secondary N) is 1. The van der Waals surface area contributed by atoms with E-state index in [1.807, 2.05) is 30.3 Å². The predicted molar refractivity (Wildman–Crippen MR) is 137 cm³/mol. The van der Waals surface area contributed by atoms with Crippen molar-refractivity contribution < 1.29 is 17.9 Å². The number of hydrogen-bond donors (Lipinski definition) is 1. The molecule has 8 heteroatoms. The Morgan fingerprint density at radius 3 is 2.26 bits per heavy atom. The fourth-order valence-electron chi connectivity index (χ4n) is 4.89. The first-order valence-corrected chi connectivity index (χ1v) is 13.3. The fourth-order valence-corrected chi connectivity index (χ4v) is 6.36. The minimum atomic E-state index is -3.60. The van der Waals surface area contributed by atoms with Crippen molar-refractivity contribution in [1.82, 2.24) is 4.31 Å². The molecule has 0 aliphatic carbocycles. The third kappa shape index (κ3) is 4.63. The third-order valence-corrected chi connectivity index (χ3v) is 8.77. The van der Waals surface area contributed by atoms with Crippen LogP contribution >= 0.6 is 0 Å². The fraction of sp³-hybridized carbons (Fsp3) is 0.296. The minimum Gasteiger partial charge on any atom is -0.497 e. The molecule has 1 saturated heterocycles. The van der Waals surface area contributed by atoms with Crippen LogP contribution in [0.5, 0.6) is 5.75 Å². The zero-order valence-electron chi connectivity index (χ0n) is 19.7. The Labute approximate surface area is 206 Å². The maximum atomic E-state index is 13.2. The molecule has 182 valence electrons. The number of para-hydroxylation sites is 3. The average molecular weight is 492 g/mol. The number of rotatable bonds is 6. The SMILES string of the molecule is COc1ccc(S(=O)(=O)N2CCC(C(=O)Nc3ccccc3N3CCc4ccccc43)CC2)cc1. The highest BCUT2D eigenvalue weighted by Gasteiger charge is 2.32. The van der Waals surface area contributed by atoms with Gasteiger partial charge in [-0.05, 0) is 67.3 Å². The van der Waals surface area contributed by atoms with Crippen LogP contribution in [0.2, 0.25) is 0 Å². The van der Waals surface area contributed by atoms with Gasteiger partial charge in [-0.2, -0.15) is 4.31 Å². The lowest BCUT2D eigenvalue weighted by molar-refractivity contribution is -0.120. The molecule has 0 radical (unpaired) electrons. The van der Waals surface area contributed by atoms with Gasteiger partial charge in [0.15, 0.2) is 0 Å². The second-order valence-corrected chi connectivity index (χ2v) is 10.8. The quantitative estimate of drug-likeness (QED) is 0.552. The number of anilines is 3. The molecule has 1 fully saturated rings. The van der Waals surface area contributed by atoms with Crippen LogP contribution < -0.4 is 15.0 Å². The summed E-state index contributed by atoms with van der Waals surface area (Å²) in [7, 11) is -2.06. The molecule has 2 aliphatic rings. The molecule has 3 aromatic carbocycles. The van der Waals surface area contributed by atoms with Crippen LogP contribution in [0.4, 0.5) is 17.1 Å². The molecule has 0 saturated carbocycles. The van der Waals surface area contributed by atoms with Crippen molar-refractivity contribution in [3.05, 3.63) is 78.4 Å². The molecule has 35 heavy (non-hydrogen) atoms. The van der Waals surface area contributed by atoms with Crippen LogP contribution in [0, 0.1) is 5.92 Å². The molecule has 0 spiro atoms. The number of carbonyl (C=O) groups excluding carboxylic acids is 1. The van der Waals surface area contributed by atoms with Crippen molar-refractivity contribution in [3.63, 3.8) is 0 Å². The molecule has 1 N–H and O–H groups in total. The van der Waals surface area contributed by atoms with Crippen LogP contribution in [0.15, 0.2) is 77.7 Å². The van der Waals surface area contributed by atoms with Crippen LogP contribution in [-0.2, 0) is 21.2 Å². The van der Waals surface area contributed by atoms with Crippen molar-refractivity contribution in [1.29, 1.82) is 0 Å². The summed E-state index contributed by atoms with van der Waals surface area (Å²) in [5, 5.41) is 3.12. The molecule has 5 rings (SSSR count). The van der Waals surface area contributed by atoms with Gasteiger partial charge >= 0.3 is 0 Å². The molecular weight excluding hydrogens is 462 g/mol. The summed E-state index contributed by atoms with van der Waals surface area (Å²) in [5.41, 5.74) is 4.23. The molecular formula is C27H29N3O4S. The van der Waals surface area contributed by atoms with Crippen molar-refractivity contribution in [2.24, 2.45) is 5.92 Å². The zero-order valence-corrected chi connectivity index (χ0v) is 20.5. The van der Waals surface area contributed by atoms with E-state index >= 15 is 0 Å². The van der Waals surface area contributed by atoms with Gasteiger partial charge in [0.1, 0.15) is 5.75 Å². The molecule has 0 unspecified atom stereocenters. The summed E-state index contributed by atoms with van der Waals surface area (Å²) in [4.78, 5) is 15.6. The van der Waals surface area contributed by atoms with E-state index in [4.69, 9.17) is 4.74 Å². The van der Waals surface area contributed by atoms with E-state index in [2.05, 4.69) is 28.4 Å². The lowest BCUT2D eigenvalue weighted by atomic mass is 9.97. The number of ether oxygens (including phenoxy) is 1. The molecule has 3 aromatic rings. The van der Waals surface area contributed by atoms with Crippen LogP contribution in [0.1, 0.15) is 18.4 Å². The van der Waals surface area contributed by atoms with E-state index in [0.717, 1.165) is 24.3 Å². The maximum absolute atomic E-state index is 13.2. The van der Waals surface area contributed by atoms with Crippen molar-refractivity contribution >= 4 is 33.0 Å². The topological polar surface area (TPSA) is 79.0 Å². The maximum Gasteiger partial charge on any atom is 0.243 e. The standard InChI is InChI=1S/C27H29N3O4S/c1-34-22-10-12-23(13-11-22)35(32,33)29-17-14-21(15-18-29)27(31)28-24-7-3-5-9-26(24)30-19-16-20-6-2-4-8-25(20)30/h2-13,21H,14-19H2,1H3,(H,28,31). The smallest absolute Gasteiger partial charge is 0.243 e. The monoisotopic (exact) mass is 491 g/mol. The Kier molecular flexibility index (Phi) is 6.49. The Morgan fingerprint density at radius 2 is 1.54 bits per heavy atom. The molecule has 0 atom stereocenters. The van der Waals surface area contributed by atoms with Crippen molar-refractivity contribution in [2.45, 2.75) is 24.2 Å². The summed E-state index contributed by atoms with van der Waals surface area (Å²) in [5.74, 6) is 0.305. The zero-order chi connectivity index (χ0) is 24.4. The molecule has 2 aliphatic heterocycles. The van der Waals surface area contributed by atoms with Crippen LogP contribution in [0.25, 0.3) is 0 Å². The van der Waals surface area contributed by atoms with E-state index in [1.54, 1.807) is 31.4 Å². The van der Waals surface area contributed by atoms with Gasteiger partial charge in [-0.25, -0.2) is 8.42 Å². The van der Waals surface area contributed by atoms with Gasteiger partial charge in [-0.1, -0.05) is 30.3 Å². The normalized spacial score (nSPS) is 16.7. The van der Waals surface area contributed by atoms with Crippen LogP contribution in [-0.4, -0.2) is 45.4 Å². The first-order valence-electron chi connectivity index (χ1n) is 11.9. The molecule has 1 amide bonds. The van der Waals surface area contributed by atoms with Gasteiger partial charge in [0.05, 0.1) is 23.4 Å². The molecule has 2 heterocycles. The summed E-state index contributed by atoms with van der Waals surface area (Å²) in [6, 6.07) is 22.6. The second-order valence-electron chi connectivity index (χ2n) is 8.89. The number of nitrogens with zero attached hydrogens (tertiary/aromatic N) is 2. The second kappa shape index (κ2) is 9.71. The summed E-state index contributed by atoms with van der Waals surface area (Å²) < 4.78 is 32.6. The summed E-state index contributed by atoms with van der Waals surface area (Å²) in [6.45, 7) is 1.50. The lowest BCUT2D eigenvalue weighted by Crippen LogP contribution is -2.41. The van der Waals surface area contributed by atoms with Gasteiger partial charge < -0.3 is 15.0 Å². The summed E-state index contributed by atoms with van der Waals surface area (Å²) in [6.07, 6.45) is 1.94. The number of fused-ring (bicyclic) bond motifs is 1. The van der Waals surface area contributed by atoms with Crippen molar-refractivity contribution in [2.75, 3.05) is 37.0 Å². The van der Waals surface area contributed by atoms with E-state index in [0.29, 0.717) is 31.7 Å². The molecule has 0 aromatic heterocycles. The molecule has 0 bridgehead atoms. The van der Waals surface area contributed by atoms with E-state index < -0.39 is 10.0 Å². The van der Waals surface area contributed by atoms with Gasteiger partial charge in [0.2, 0.25) is 15.9 Å². The average Bonchev–Trinajstić information content (AvgIpc) is 3.33. The number of methoxy groups -OCH3 is 1. The third-order valence-electron chi connectivity index (χ3n) is 6.86. The van der Waals surface area contributed by atoms with Crippen molar-refractivity contribution in [3.8, 4) is 5.75 Å². The van der Waals surface area contributed by atoms with Gasteiger partial charge in [0.25, 0.3) is 0 Å². The molecule has 7 nitrogen and oxygen atoms in total. The number of carbonyl (C=O) groups is 1.